The lowest BCUT2D eigenvalue weighted by Crippen LogP contribution is -2.50. The lowest BCUT2D eigenvalue weighted by atomic mass is 9.74. The number of aliphatic carboxylic acids is 1. The predicted molar refractivity (Wildman–Crippen MR) is 106 cm³/mol. The first-order valence-electron chi connectivity index (χ1n) is 9.81. The number of aliphatic hydroxyl groups excluding tert-OH is 1. The number of halogens is 1. The Labute approximate surface area is 171 Å². The highest BCUT2D eigenvalue weighted by Crippen LogP contribution is 2.45. The number of fused-ring (bicyclic) bond motifs is 2. The first-order chi connectivity index (χ1) is 14.3. The fraction of sp³-hybridized carbons (Fsp3) is 0.318. The van der Waals surface area contributed by atoms with Gasteiger partial charge in [0.2, 0.25) is 0 Å². The normalized spacial score (nSPS) is 17.7. The van der Waals surface area contributed by atoms with Crippen molar-refractivity contribution in [1.29, 1.82) is 0 Å². The van der Waals surface area contributed by atoms with Crippen LogP contribution in [0.2, 0.25) is 0 Å². The molecule has 4 rings (SSSR count). The third kappa shape index (κ3) is 3.18. The second-order valence-corrected chi connectivity index (χ2v) is 7.71. The molecule has 0 unspecified atom stereocenters. The van der Waals surface area contributed by atoms with Crippen molar-refractivity contribution in [1.82, 2.24) is 9.88 Å². The molecule has 0 radical (unpaired) electrons. The second-order valence-electron chi connectivity index (χ2n) is 7.71. The van der Waals surface area contributed by atoms with Gasteiger partial charge in [-0.05, 0) is 36.6 Å². The van der Waals surface area contributed by atoms with Gasteiger partial charge in [-0.25, -0.2) is 4.39 Å². The topological polar surface area (TPSA) is 109 Å². The molecular formula is C22H21FN2O5. The fourth-order valence-corrected chi connectivity index (χ4v) is 4.44. The van der Waals surface area contributed by atoms with Gasteiger partial charge >= 0.3 is 5.97 Å². The van der Waals surface area contributed by atoms with Gasteiger partial charge in [-0.2, -0.15) is 0 Å². The minimum atomic E-state index is -1.25. The number of amides is 1. The molecule has 2 aliphatic rings. The first kappa shape index (κ1) is 19.9. The number of rotatable bonds is 4. The van der Waals surface area contributed by atoms with E-state index < -0.39 is 41.1 Å². The van der Waals surface area contributed by atoms with Crippen LogP contribution in [-0.2, 0) is 19.9 Å². The van der Waals surface area contributed by atoms with E-state index in [0.29, 0.717) is 29.7 Å². The molecule has 3 N–H and O–H groups in total. The van der Waals surface area contributed by atoms with Gasteiger partial charge in [0.15, 0.2) is 11.5 Å². The molecule has 1 aliphatic carbocycles. The molecule has 156 valence electrons. The summed E-state index contributed by atoms with van der Waals surface area (Å²) < 4.78 is 15.0. The molecule has 1 aromatic heterocycles. The van der Waals surface area contributed by atoms with E-state index in [1.165, 1.54) is 12.1 Å². The zero-order valence-corrected chi connectivity index (χ0v) is 16.2. The molecule has 1 aromatic carbocycles. The summed E-state index contributed by atoms with van der Waals surface area (Å²) in [7, 11) is 0. The van der Waals surface area contributed by atoms with E-state index in [0.717, 1.165) is 19.3 Å². The van der Waals surface area contributed by atoms with E-state index in [4.69, 9.17) is 5.11 Å². The van der Waals surface area contributed by atoms with E-state index >= 15 is 0 Å². The number of carbonyl (C=O) groups is 3. The van der Waals surface area contributed by atoms with Gasteiger partial charge in [-0.3, -0.25) is 14.4 Å². The molecule has 2 heterocycles. The number of nitrogens with zero attached hydrogens (tertiary/aromatic N) is 1. The number of hydrogen-bond donors (Lipinski definition) is 3. The highest BCUT2D eigenvalue weighted by molar-refractivity contribution is 6.27. The Morgan fingerprint density at radius 3 is 2.40 bits per heavy atom. The summed E-state index contributed by atoms with van der Waals surface area (Å²) in [5, 5.41) is 21.8. The molecule has 0 atom stereocenters. The average Bonchev–Trinajstić information content (AvgIpc) is 3.19. The Balaban J connectivity index is 1.85. The summed E-state index contributed by atoms with van der Waals surface area (Å²) in [6.07, 6.45) is 5.33. The van der Waals surface area contributed by atoms with Crippen molar-refractivity contribution in [3.63, 3.8) is 0 Å². The molecule has 8 heteroatoms. The van der Waals surface area contributed by atoms with E-state index in [2.05, 4.69) is 5.32 Å². The number of ketones is 1. The van der Waals surface area contributed by atoms with Crippen molar-refractivity contribution in [2.24, 2.45) is 0 Å². The van der Waals surface area contributed by atoms with E-state index in [9.17, 15) is 23.9 Å². The summed E-state index contributed by atoms with van der Waals surface area (Å²) in [4.78, 5) is 36.9. The summed E-state index contributed by atoms with van der Waals surface area (Å²) in [6, 6.07) is 7.53. The Kier molecular flexibility index (Phi) is 4.93. The molecule has 1 saturated carbocycles. The molecule has 1 fully saturated rings. The number of benzene rings is 1. The van der Waals surface area contributed by atoms with Gasteiger partial charge in [0.05, 0.1) is 5.69 Å². The molecule has 30 heavy (non-hydrogen) atoms. The van der Waals surface area contributed by atoms with Crippen LogP contribution in [0.3, 0.4) is 0 Å². The van der Waals surface area contributed by atoms with Crippen LogP contribution in [0.15, 0.2) is 42.1 Å². The number of aromatic nitrogens is 1. The van der Waals surface area contributed by atoms with Gasteiger partial charge in [-0.1, -0.05) is 31.4 Å². The Bertz CT molecular complexity index is 1060. The third-order valence-electron chi connectivity index (χ3n) is 5.90. The summed E-state index contributed by atoms with van der Waals surface area (Å²) >= 11 is 0. The molecule has 7 nitrogen and oxygen atoms in total. The van der Waals surface area contributed by atoms with Crippen LogP contribution in [0.1, 0.15) is 37.8 Å². The van der Waals surface area contributed by atoms with Crippen LogP contribution in [0.4, 0.5) is 4.39 Å². The van der Waals surface area contributed by atoms with Crippen molar-refractivity contribution in [3.05, 3.63) is 53.6 Å². The monoisotopic (exact) mass is 412 g/mol. The van der Waals surface area contributed by atoms with Crippen molar-refractivity contribution in [3.8, 4) is 11.1 Å². The Hall–Kier alpha value is -3.42. The van der Waals surface area contributed by atoms with Crippen LogP contribution < -0.4 is 5.32 Å². The number of nitrogens with one attached hydrogen (secondary N) is 1. The zero-order valence-electron chi connectivity index (χ0n) is 16.2. The zero-order chi connectivity index (χ0) is 21.5. The number of carboxylic acid groups (broad SMARTS) is 1. The smallest absolute Gasteiger partial charge is 0.322 e. The summed E-state index contributed by atoms with van der Waals surface area (Å²) in [6.45, 7) is -0.655. The largest absolute Gasteiger partial charge is 0.505 e. The quantitative estimate of drug-likeness (QED) is 0.669. The number of Topliss-reactive ketones (excluding diaryl/α,β-unsaturated/α-hetero) is 1. The van der Waals surface area contributed by atoms with Crippen LogP contribution in [-0.4, -0.2) is 39.0 Å². The van der Waals surface area contributed by atoms with E-state index in [1.807, 2.05) is 0 Å². The number of carbonyl (C=O) groups excluding carboxylic acids is 2. The second kappa shape index (κ2) is 7.44. The maximum absolute atomic E-state index is 13.5. The standard InChI is InChI=1S/C22H21FN2O5/c23-15-6-4-13(5-7-15)14-10-16-19(28)18(21(30)24-11-17(26)27)20(29)22(25(16)12-14)8-2-1-3-9-22/h4-7,10,12,28H,1-3,8-9,11H2,(H,24,30)(H,26,27). The predicted octanol–water partition coefficient (Wildman–Crippen LogP) is 3.01. The van der Waals surface area contributed by atoms with Crippen molar-refractivity contribution >= 4 is 23.4 Å². The minimum Gasteiger partial charge on any atom is -0.505 e. The summed E-state index contributed by atoms with van der Waals surface area (Å²) in [5.74, 6) is -3.51. The molecule has 0 saturated heterocycles. The van der Waals surface area contributed by atoms with Crippen molar-refractivity contribution in [2.75, 3.05) is 6.54 Å². The maximum Gasteiger partial charge on any atom is 0.322 e. The average molecular weight is 412 g/mol. The molecule has 2 aromatic rings. The van der Waals surface area contributed by atoms with Gasteiger partial charge in [0.25, 0.3) is 5.91 Å². The Morgan fingerprint density at radius 2 is 1.77 bits per heavy atom. The molecule has 1 amide bonds. The van der Waals surface area contributed by atoms with E-state index in [-0.39, 0.29) is 5.82 Å². The number of carboxylic acids is 1. The minimum absolute atomic E-state index is 0.316. The number of hydrogen-bond acceptors (Lipinski definition) is 4. The van der Waals surface area contributed by atoms with Crippen LogP contribution in [0, 0.1) is 5.82 Å². The Morgan fingerprint density at radius 1 is 1.10 bits per heavy atom. The SMILES string of the molecule is O=C(O)CNC(=O)C1=C(O)c2cc(-c3ccc(F)cc3)cn2C2(CCCCC2)C1=O. The lowest BCUT2D eigenvalue weighted by molar-refractivity contribution is -0.138. The van der Waals surface area contributed by atoms with Gasteiger partial charge in [0, 0.05) is 11.8 Å². The van der Waals surface area contributed by atoms with Crippen LogP contribution >= 0.6 is 0 Å². The molecule has 1 spiro atoms. The molecule has 0 bridgehead atoms. The lowest BCUT2D eigenvalue weighted by Gasteiger charge is -2.41. The molecular weight excluding hydrogens is 391 g/mol. The van der Waals surface area contributed by atoms with Gasteiger partial charge in [0.1, 0.15) is 23.5 Å². The van der Waals surface area contributed by atoms with Gasteiger partial charge < -0.3 is 20.1 Å². The first-order valence-corrected chi connectivity index (χ1v) is 9.81. The van der Waals surface area contributed by atoms with E-state index in [1.54, 1.807) is 29.0 Å². The van der Waals surface area contributed by atoms with Crippen molar-refractivity contribution < 1.29 is 29.0 Å². The van der Waals surface area contributed by atoms with Crippen LogP contribution in [0.5, 0.6) is 0 Å². The van der Waals surface area contributed by atoms with Crippen LogP contribution in [0.25, 0.3) is 16.9 Å². The molecule has 1 aliphatic heterocycles. The highest BCUT2D eigenvalue weighted by atomic mass is 19.1. The van der Waals surface area contributed by atoms with Crippen molar-refractivity contribution in [2.45, 2.75) is 37.6 Å². The number of aliphatic hydroxyl groups is 1. The summed E-state index contributed by atoms with van der Waals surface area (Å²) in [5.41, 5.74) is 0.294. The highest BCUT2D eigenvalue weighted by Gasteiger charge is 2.49. The van der Waals surface area contributed by atoms with Gasteiger partial charge in [-0.15, -0.1) is 0 Å². The third-order valence-corrected chi connectivity index (χ3v) is 5.90. The fourth-order valence-electron chi connectivity index (χ4n) is 4.44. The maximum atomic E-state index is 13.5.